The van der Waals surface area contributed by atoms with Crippen molar-refractivity contribution in [1.82, 2.24) is 0 Å². The number of aryl methyl sites for hydroxylation is 2. The van der Waals surface area contributed by atoms with Crippen molar-refractivity contribution in [3.63, 3.8) is 0 Å². The number of benzene rings is 3. The third-order valence-electron chi connectivity index (χ3n) is 5.88. The lowest BCUT2D eigenvalue weighted by Gasteiger charge is -2.14. The van der Waals surface area contributed by atoms with Crippen molar-refractivity contribution in [3.8, 4) is 22.4 Å². The van der Waals surface area contributed by atoms with E-state index in [4.69, 9.17) is 0 Å². The molecule has 0 radical (unpaired) electrons. The number of rotatable bonds is 3. The molecule has 0 unspecified atom stereocenters. The van der Waals surface area contributed by atoms with Crippen molar-refractivity contribution in [3.05, 3.63) is 89.4 Å². The van der Waals surface area contributed by atoms with Gasteiger partial charge in [0.05, 0.1) is 10.9 Å². The Labute approximate surface area is 172 Å². The van der Waals surface area contributed by atoms with Crippen molar-refractivity contribution in [2.75, 3.05) is 0 Å². The number of fused-ring (bicyclic) bond motifs is 1. The highest BCUT2D eigenvalue weighted by Gasteiger charge is 2.22. The first kappa shape index (κ1) is 19.3. The lowest BCUT2D eigenvalue weighted by atomic mass is 9.92. The number of aromatic nitrogens is 1. The number of hydrogen-bond donors (Lipinski definition) is 0. The summed E-state index contributed by atoms with van der Waals surface area (Å²) >= 11 is 0. The van der Waals surface area contributed by atoms with Crippen LogP contribution >= 0.6 is 0 Å². The van der Waals surface area contributed by atoms with Crippen molar-refractivity contribution in [1.29, 1.82) is 0 Å². The van der Waals surface area contributed by atoms with E-state index in [2.05, 4.69) is 56.7 Å². The number of pyridine rings is 1. The second-order valence-corrected chi connectivity index (χ2v) is 8.21. The zero-order valence-corrected chi connectivity index (χ0v) is 17.8. The summed E-state index contributed by atoms with van der Waals surface area (Å²) in [6.45, 7) is 8.55. The maximum atomic E-state index is 14.9. The van der Waals surface area contributed by atoms with Gasteiger partial charge < -0.3 is 0 Å². The Hall–Kier alpha value is -3.00. The molecule has 2 heteroatoms. The van der Waals surface area contributed by atoms with E-state index in [1.54, 1.807) is 6.07 Å². The zero-order valence-electron chi connectivity index (χ0n) is 17.8. The van der Waals surface area contributed by atoms with E-state index in [0.29, 0.717) is 11.5 Å². The van der Waals surface area contributed by atoms with Gasteiger partial charge in [-0.25, -0.2) is 4.39 Å². The lowest BCUT2D eigenvalue weighted by Crippen LogP contribution is -2.35. The molecular weight excluding hydrogens is 357 g/mol. The first-order valence-corrected chi connectivity index (χ1v) is 10.2. The molecule has 0 saturated carbocycles. The molecule has 0 bridgehead atoms. The Morgan fingerprint density at radius 1 is 0.828 bits per heavy atom. The van der Waals surface area contributed by atoms with Crippen molar-refractivity contribution < 1.29 is 8.96 Å². The molecule has 3 aromatic carbocycles. The second kappa shape index (κ2) is 7.44. The summed E-state index contributed by atoms with van der Waals surface area (Å²) in [5.74, 6) is 0.300. The fourth-order valence-electron chi connectivity index (χ4n) is 4.05. The highest BCUT2D eigenvalue weighted by atomic mass is 19.1. The van der Waals surface area contributed by atoms with Crippen LogP contribution in [-0.2, 0) is 7.05 Å². The Balaban J connectivity index is 2.03. The van der Waals surface area contributed by atoms with Crippen LogP contribution in [0.25, 0.3) is 33.2 Å². The van der Waals surface area contributed by atoms with Gasteiger partial charge in [-0.2, -0.15) is 4.57 Å². The van der Waals surface area contributed by atoms with Crippen LogP contribution in [0.15, 0.2) is 66.7 Å². The summed E-state index contributed by atoms with van der Waals surface area (Å²) < 4.78 is 17.1. The summed E-state index contributed by atoms with van der Waals surface area (Å²) in [7, 11) is 2.09. The van der Waals surface area contributed by atoms with Crippen molar-refractivity contribution >= 4 is 10.8 Å². The van der Waals surface area contributed by atoms with Crippen molar-refractivity contribution in [2.24, 2.45) is 7.05 Å². The zero-order chi connectivity index (χ0) is 20.7. The predicted octanol–water partition coefficient (Wildman–Crippen LogP) is 6.88. The topological polar surface area (TPSA) is 3.88 Å². The van der Waals surface area contributed by atoms with E-state index in [1.165, 1.54) is 22.0 Å². The highest BCUT2D eigenvalue weighted by molar-refractivity contribution is 5.95. The van der Waals surface area contributed by atoms with Gasteiger partial charge in [-0.05, 0) is 53.1 Å². The fraction of sp³-hybridized carbons (Fsp3) is 0.222. The minimum absolute atomic E-state index is 0.181. The molecule has 1 aromatic heterocycles. The Kier molecular flexibility index (Phi) is 4.96. The molecule has 0 atom stereocenters. The molecule has 4 aromatic rings. The van der Waals surface area contributed by atoms with E-state index in [9.17, 15) is 4.39 Å². The Morgan fingerprint density at radius 2 is 1.55 bits per heavy atom. The maximum Gasteiger partial charge on any atom is 0.220 e. The minimum atomic E-state index is -0.181. The molecule has 0 aliphatic rings. The van der Waals surface area contributed by atoms with E-state index in [1.807, 2.05) is 43.3 Å². The Bertz CT molecular complexity index is 1210. The normalized spacial score (nSPS) is 11.4. The maximum absolute atomic E-state index is 14.9. The Morgan fingerprint density at radius 3 is 2.24 bits per heavy atom. The van der Waals surface area contributed by atoms with Gasteiger partial charge in [0.2, 0.25) is 5.69 Å². The van der Waals surface area contributed by atoms with E-state index < -0.39 is 0 Å². The van der Waals surface area contributed by atoms with Crippen LogP contribution in [0.2, 0.25) is 0 Å². The standard InChI is InChI=1S/C27H27FN/c1-17(2)21-11-12-23-22(15-21)14-19(4)29(5)27(23)24-16-25(26(28)13-18(24)3)20-9-7-6-8-10-20/h6-17H,1-5H3/q+1. The minimum Gasteiger partial charge on any atom is -0.206 e. The summed E-state index contributed by atoms with van der Waals surface area (Å²) in [5, 5.41) is 2.42. The molecule has 29 heavy (non-hydrogen) atoms. The molecule has 0 amide bonds. The molecule has 0 saturated heterocycles. The van der Waals surface area contributed by atoms with Crippen LogP contribution in [-0.4, -0.2) is 0 Å². The van der Waals surface area contributed by atoms with Gasteiger partial charge in [-0.15, -0.1) is 0 Å². The number of hydrogen-bond acceptors (Lipinski definition) is 0. The monoisotopic (exact) mass is 384 g/mol. The average molecular weight is 385 g/mol. The van der Waals surface area contributed by atoms with Gasteiger partial charge in [0.25, 0.3) is 0 Å². The quantitative estimate of drug-likeness (QED) is 0.339. The van der Waals surface area contributed by atoms with Gasteiger partial charge in [0.1, 0.15) is 12.9 Å². The van der Waals surface area contributed by atoms with Gasteiger partial charge >= 0.3 is 0 Å². The van der Waals surface area contributed by atoms with Crippen LogP contribution in [0.4, 0.5) is 4.39 Å². The van der Waals surface area contributed by atoms with Crippen LogP contribution in [0, 0.1) is 19.7 Å². The summed E-state index contributed by atoms with van der Waals surface area (Å²) in [5.41, 5.74) is 7.19. The molecule has 0 aliphatic heterocycles. The molecule has 1 heterocycles. The lowest BCUT2D eigenvalue weighted by molar-refractivity contribution is -0.665. The first-order valence-electron chi connectivity index (χ1n) is 10.2. The van der Waals surface area contributed by atoms with Crippen LogP contribution in [0.5, 0.6) is 0 Å². The number of nitrogens with zero attached hydrogens (tertiary/aromatic N) is 1. The van der Waals surface area contributed by atoms with E-state index in [-0.39, 0.29) is 5.82 Å². The molecule has 4 rings (SSSR count). The van der Waals surface area contributed by atoms with Crippen LogP contribution in [0.3, 0.4) is 0 Å². The van der Waals surface area contributed by atoms with Gasteiger partial charge in [-0.3, -0.25) is 0 Å². The summed E-state index contributed by atoms with van der Waals surface area (Å²) in [6, 6.07) is 22.4. The van der Waals surface area contributed by atoms with Gasteiger partial charge in [0, 0.05) is 18.6 Å². The summed E-state index contributed by atoms with van der Waals surface area (Å²) in [4.78, 5) is 0. The number of halogens is 1. The largest absolute Gasteiger partial charge is 0.220 e. The van der Waals surface area contributed by atoms with Crippen LogP contribution in [0.1, 0.15) is 36.6 Å². The predicted molar refractivity (Wildman–Crippen MR) is 120 cm³/mol. The van der Waals surface area contributed by atoms with E-state index in [0.717, 1.165) is 22.4 Å². The van der Waals surface area contributed by atoms with E-state index >= 15 is 0 Å². The molecule has 0 aliphatic carbocycles. The molecule has 1 nitrogen and oxygen atoms in total. The molecular formula is C27H27FN+. The third kappa shape index (κ3) is 3.44. The second-order valence-electron chi connectivity index (χ2n) is 8.21. The fourth-order valence-corrected chi connectivity index (χ4v) is 4.05. The van der Waals surface area contributed by atoms with Crippen LogP contribution < -0.4 is 4.57 Å². The summed E-state index contributed by atoms with van der Waals surface area (Å²) in [6.07, 6.45) is 0. The SMILES string of the molecule is Cc1cc(F)c(-c2ccccc2)cc1-c1c2ccc(C(C)C)cc2cc(C)[n+]1C. The van der Waals surface area contributed by atoms with Gasteiger partial charge in [0.15, 0.2) is 5.69 Å². The molecule has 0 N–H and O–H groups in total. The molecule has 0 fully saturated rings. The first-order chi connectivity index (χ1) is 13.9. The smallest absolute Gasteiger partial charge is 0.206 e. The average Bonchev–Trinajstić information content (AvgIpc) is 2.70. The van der Waals surface area contributed by atoms with Crippen molar-refractivity contribution in [2.45, 2.75) is 33.6 Å². The molecule has 0 spiro atoms. The highest BCUT2D eigenvalue weighted by Crippen LogP contribution is 2.34. The molecule has 146 valence electrons. The third-order valence-corrected chi connectivity index (χ3v) is 5.88. The van der Waals surface area contributed by atoms with Gasteiger partial charge in [-0.1, -0.05) is 56.3 Å².